The Hall–Kier alpha value is -2.56. The maximum Gasteiger partial charge on any atom is 0.259 e. The Balaban J connectivity index is 2.43. The number of ketones is 1. The molecule has 0 amide bonds. The number of carbonyl (C=O) groups excluding carboxylic acids is 2. The van der Waals surface area contributed by atoms with E-state index < -0.39 is 5.56 Å². The third kappa shape index (κ3) is 1.32. The van der Waals surface area contributed by atoms with Crippen molar-refractivity contribution < 1.29 is 9.59 Å². The zero-order chi connectivity index (χ0) is 12.0. The lowest BCUT2D eigenvalue weighted by molar-refractivity contribution is 0.104. The number of rotatable bonds is 1. The summed E-state index contributed by atoms with van der Waals surface area (Å²) in [7, 11) is 0. The Morgan fingerprint density at radius 3 is 2.76 bits per heavy atom. The summed E-state index contributed by atoms with van der Waals surface area (Å²) in [6.45, 7) is 0. The molecular formula is C12H6N2O3. The number of nitrogens with zero attached hydrogens (tertiary/aromatic N) is 1. The van der Waals surface area contributed by atoms with Crippen LogP contribution in [0.1, 0.15) is 26.5 Å². The Morgan fingerprint density at radius 2 is 2.00 bits per heavy atom. The summed E-state index contributed by atoms with van der Waals surface area (Å²) < 4.78 is 0. The largest absolute Gasteiger partial charge is 0.304 e. The van der Waals surface area contributed by atoms with E-state index in [4.69, 9.17) is 0 Å². The number of H-pyrrole nitrogens is 1. The number of nitrogens with one attached hydrogen (secondary N) is 1. The molecule has 82 valence electrons. The van der Waals surface area contributed by atoms with Gasteiger partial charge >= 0.3 is 0 Å². The highest BCUT2D eigenvalue weighted by Gasteiger charge is 2.16. The third-order valence-electron chi connectivity index (χ3n) is 2.69. The minimum Gasteiger partial charge on any atom is -0.304 e. The molecule has 1 aliphatic carbocycles. The number of fused-ring (bicyclic) bond motifs is 2. The fourth-order valence-corrected chi connectivity index (χ4v) is 1.88. The Kier molecular flexibility index (Phi) is 1.82. The van der Waals surface area contributed by atoms with E-state index in [0.29, 0.717) is 22.8 Å². The fraction of sp³-hybridized carbons (Fsp3) is 0. The van der Waals surface area contributed by atoms with E-state index in [1.807, 2.05) is 0 Å². The Labute approximate surface area is 94.8 Å². The summed E-state index contributed by atoms with van der Waals surface area (Å²) in [5, 5.41) is 0.311. The van der Waals surface area contributed by atoms with Gasteiger partial charge in [0.15, 0.2) is 17.9 Å². The van der Waals surface area contributed by atoms with Gasteiger partial charge in [0.05, 0.1) is 10.9 Å². The number of hydrogen-bond donors (Lipinski definition) is 1. The third-order valence-corrected chi connectivity index (χ3v) is 2.69. The molecule has 5 heteroatoms. The maximum absolute atomic E-state index is 11.7. The van der Waals surface area contributed by atoms with Crippen molar-refractivity contribution >= 4 is 29.0 Å². The van der Waals surface area contributed by atoms with Crippen molar-refractivity contribution in [3.8, 4) is 0 Å². The summed E-state index contributed by atoms with van der Waals surface area (Å²) >= 11 is 0. The maximum atomic E-state index is 11.7. The quantitative estimate of drug-likeness (QED) is 0.734. The second-order valence-corrected chi connectivity index (χ2v) is 3.72. The fourth-order valence-electron chi connectivity index (χ4n) is 1.88. The lowest BCUT2D eigenvalue weighted by atomic mass is 10.1. The molecule has 1 N–H and O–H groups in total. The number of aromatic nitrogens is 2. The Morgan fingerprint density at radius 1 is 1.18 bits per heavy atom. The van der Waals surface area contributed by atoms with E-state index in [2.05, 4.69) is 9.97 Å². The van der Waals surface area contributed by atoms with Gasteiger partial charge in [0.25, 0.3) is 5.56 Å². The summed E-state index contributed by atoms with van der Waals surface area (Å²) in [4.78, 5) is 40.1. The molecule has 0 radical (unpaired) electrons. The van der Waals surface area contributed by atoms with Gasteiger partial charge in [-0.1, -0.05) is 6.08 Å². The average Bonchev–Trinajstić information content (AvgIpc) is 2.68. The summed E-state index contributed by atoms with van der Waals surface area (Å²) in [6.07, 6.45) is 3.59. The van der Waals surface area contributed by atoms with Gasteiger partial charge in [-0.25, -0.2) is 4.98 Å². The molecule has 0 aliphatic heterocycles. The van der Waals surface area contributed by atoms with E-state index >= 15 is 0 Å². The molecule has 0 bridgehead atoms. The van der Waals surface area contributed by atoms with Crippen molar-refractivity contribution in [3.05, 3.63) is 45.5 Å². The monoisotopic (exact) mass is 226 g/mol. The van der Waals surface area contributed by atoms with Crippen molar-refractivity contribution in [2.75, 3.05) is 0 Å². The first kappa shape index (κ1) is 9.65. The standard InChI is InChI=1S/C12H6N2O3/c15-5-11-13-9-3-6-1-2-10(16)7(6)4-8(9)12(17)14-11/h1-5H,(H,13,14,17). The minimum absolute atomic E-state index is 0.0178. The summed E-state index contributed by atoms with van der Waals surface area (Å²) in [6, 6.07) is 3.14. The predicted octanol–water partition coefficient (Wildman–Crippen LogP) is 0.945. The van der Waals surface area contributed by atoms with E-state index in [9.17, 15) is 14.4 Å². The van der Waals surface area contributed by atoms with Crippen LogP contribution in [0.15, 0.2) is 23.0 Å². The molecule has 0 atom stereocenters. The molecule has 1 aromatic carbocycles. The minimum atomic E-state index is -0.417. The highest BCUT2D eigenvalue weighted by atomic mass is 16.1. The van der Waals surface area contributed by atoms with E-state index in [0.717, 1.165) is 5.56 Å². The molecule has 2 aromatic rings. The van der Waals surface area contributed by atoms with Gasteiger partial charge in [0.2, 0.25) is 0 Å². The SMILES string of the molecule is O=Cc1nc2cc3c(cc2c(=O)[nH]1)C(=O)C=C3. The first-order valence-corrected chi connectivity index (χ1v) is 4.95. The topological polar surface area (TPSA) is 79.9 Å². The number of aromatic amines is 1. The van der Waals surface area contributed by atoms with Crippen LogP contribution in [0.4, 0.5) is 0 Å². The van der Waals surface area contributed by atoms with Crippen LogP contribution in [0, 0.1) is 0 Å². The summed E-state index contributed by atoms with van der Waals surface area (Å²) in [5.41, 5.74) is 1.20. The molecular weight excluding hydrogens is 220 g/mol. The zero-order valence-corrected chi connectivity index (χ0v) is 8.56. The zero-order valence-electron chi connectivity index (χ0n) is 8.56. The molecule has 1 heterocycles. The highest BCUT2D eigenvalue weighted by molar-refractivity contribution is 6.15. The molecule has 17 heavy (non-hydrogen) atoms. The van der Waals surface area contributed by atoms with Crippen LogP contribution in [0.3, 0.4) is 0 Å². The normalized spacial score (nSPS) is 13.1. The smallest absolute Gasteiger partial charge is 0.259 e. The lowest BCUT2D eigenvalue weighted by Gasteiger charge is -2.01. The van der Waals surface area contributed by atoms with Gasteiger partial charge in [0.1, 0.15) is 0 Å². The highest BCUT2D eigenvalue weighted by Crippen LogP contribution is 2.23. The van der Waals surface area contributed by atoms with E-state index in [1.165, 1.54) is 12.1 Å². The molecule has 0 fully saturated rings. The number of carbonyl (C=O) groups is 2. The summed E-state index contributed by atoms with van der Waals surface area (Å²) in [5.74, 6) is -0.142. The van der Waals surface area contributed by atoms with Crippen LogP contribution >= 0.6 is 0 Å². The van der Waals surface area contributed by atoms with Crippen molar-refractivity contribution in [1.29, 1.82) is 0 Å². The van der Waals surface area contributed by atoms with E-state index in [-0.39, 0.29) is 11.6 Å². The molecule has 0 spiro atoms. The predicted molar refractivity (Wildman–Crippen MR) is 61.1 cm³/mol. The molecule has 0 saturated carbocycles. The molecule has 3 rings (SSSR count). The Bertz CT molecular complexity index is 756. The number of aldehydes is 1. The first-order valence-electron chi connectivity index (χ1n) is 4.95. The van der Waals surface area contributed by atoms with Crippen LogP contribution in [0.2, 0.25) is 0 Å². The van der Waals surface area contributed by atoms with Gasteiger partial charge in [-0.05, 0) is 23.8 Å². The number of allylic oxidation sites excluding steroid dienone is 1. The average molecular weight is 226 g/mol. The number of hydrogen-bond acceptors (Lipinski definition) is 4. The van der Waals surface area contributed by atoms with Gasteiger partial charge < -0.3 is 4.98 Å². The van der Waals surface area contributed by atoms with Crippen LogP contribution in [-0.2, 0) is 0 Å². The van der Waals surface area contributed by atoms with Gasteiger partial charge in [0, 0.05) is 5.56 Å². The van der Waals surface area contributed by atoms with Crippen molar-refractivity contribution in [2.45, 2.75) is 0 Å². The van der Waals surface area contributed by atoms with Gasteiger partial charge in [-0.2, -0.15) is 0 Å². The molecule has 0 saturated heterocycles. The molecule has 1 aromatic heterocycles. The van der Waals surface area contributed by atoms with Crippen molar-refractivity contribution in [2.24, 2.45) is 0 Å². The van der Waals surface area contributed by atoms with Crippen LogP contribution in [0.5, 0.6) is 0 Å². The van der Waals surface area contributed by atoms with Crippen LogP contribution in [-0.4, -0.2) is 22.0 Å². The van der Waals surface area contributed by atoms with E-state index in [1.54, 1.807) is 12.1 Å². The molecule has 1 aliphatic rings. The van der Waals surface area contributed by atoms with Crippen molar-refractivity contribution in [3.63, 3.8) is 0 Å². The van der Waals surface area contributed by atoms with Gasteiger partial charge in [-0.15, -0.1) is 0 Å². The first-order chi connectivity index (χ1) is 8.19. The number of benzene rings is 1. The van der Waals surface area contributed by atoms with Crippen LogP contribution in [0.25, 0.3) is 17.0 Å². The van der Waals surface area contributed by atoms with Crippen molar-refractivity contribution in [1.82, 2.24) is 9.97 Å². The second-order valence-electron chi connectivity index (χ2n) is 3.72. The molecule has 5 nitrogen and oxygen atoms in total. The molecule has 0 unspecified atom stereocenters. The second kappa shape index (κ2) is 3.21. The lowest BCUT2D eigenvalue weighted by Crippen LogP contribution is -2.12. The van der Waals surface area contributed by atoms with Crippen LogP contribution < -0.4 is 5.56 Å². The van der Waals surface area contributed by atoms with Gasteiger partial charge in [-0.3, -0.25) is 14.4 Å².